The van der Waals surface area contributed by atoms with Crippen molar-refractivity contribution in [2.24, 2.45) is 0 Å². The molecule has 0 amide bonds. The monoisotopic (exact) mass is 207 g/mol. The smallest absolute Gasteiger partial charge is 0.436 e. The van der Waals surface area contributed by atoms with E-state index >= 15 is 0 Å². The first-order valence-electron chi connectivity index (χ1n) is 3.02. The van der Waals surface area contributed by atoms with E-state index in [2.05, 4.69) is 4.13 Å². The van der Waals surface area contributed by atoms with Gasteiger partial charge in [0.2, 0.25) is 0 Å². The molecule has 0 aromatic heterocycles. The molecule has 68 valence electrons. The molecule has 0 aliphatic carbocycles. The fraction of sp³-hybridized carbons (Fsp3) is 1.00. The van der Waals surface area contributed by atoms with E-state index in [1.54, 1.807) is 0 Å². The summed E-state index contributed by atoms with van der Waals surface area (Å²) in [7, 11) is -7.50. The summed E-state index contributed by atoms with van der Waals surface area (Å²) in [5, 5.41) is 0. The number of hydrogen-bond donors (Lipinski definition) is 0. The van der Waals surface area contributed by atoms with Crippen LogP contribution in [0.25, 0.3) is 4.13 Å². The predicted molar refractivity (Wildman–Crippen MR) is 42.3 cm³/mol. The van der Waals surface area contributed by atoms with Crippen molar-refractivity contribution in [3.05, 3.63) is 4.13 Å². The average Bonchev–Trinajstić information content (AvgIpc) is 1.86. The van der Waals surface area contributed by atoms with Crippen LogP contribution >= 0.6 is 0 Å². The van der Waals surface area contributed by atoms with Gasteiger partial charge in [-0.05, 0) is 0 Å². The van der Waals surface area contributed by atoms with Gasteiger partial charge in [-0.2, -0.15) is 0 Å². The fourth-order valence-electron chi connectivity index (χ4n) is 0.278. The molecule has 0 aliphatic rings. The van der Waals surface area contributed by atoms with Crippen LogP contribution in [0.3, 0.4) is 0 Å². The van der Waals surface area contributed by atoms with Gasteiger partial charge in [0.15, 0.2) is 0 Å². The second-order valence-electron chi connectivity index (χ2n) is 1.82. The van der Waals surface area contributed by atoms with E-state index in [1.165, 1.54) is 13.8 Å². The summed E-state index contributed by atoms with van der Waals surface area (Å²) in [6.07, 6.45) is 0. The van der Waals surface area contributed by atoms with Gasteiger partial charge in [0.25, 0.3) is 0 Å². The van der Waals surface area contributed by atoms with Crippen LogP contribution in [-0.2, 0) is 20.0 Å². The molecule has 0 N–H and O–H groups in total. The molecular formula is C4H10LiNO4S2. The Balaban J connectivity index is 0. The molecule has 0 radical (unpaired) electrons. The number of hydrogen-bond acceptors (Lipinski definition) is 4. The molecule has 0 aromatic rings. The predicted octanol–water partition coefficient (Wildman–Crippen LogP) is -2.94. The van der Waals surface area contributed by atoms with Crippen molar-refractivity contribution in [1.29, 1.82) is 0 Å². The zero-order valence-electron chi connectivity index (χ0n) is 7.31. The Morgan fingerprint density at radius 2 is 1.17 bits per heavy atom. The molecule has 0 unspecified atom stereocenters. The Labute approximate surface area is 85.2 Å². The van der Waals surface area contributed by atoms with Gasteiger partial charge in [-0.3, -0.25) is 0 Å². The van der Waals surface area contributed by atoms with Crippen LogP contribution in [0.4, 0.5) is 0 Å². The Morgan fingerprint density at radius 3 is 1.33 bits per heavy atom. The topological polar surface area (TPSA) is 82.4 Å². The van der Waals surface area contributed by atoms with E-state index in [1.807, 2.05) is 0 Å². The quantitative estimate of drug-likeness (QED) is 0.462. The van der Waals surface area contributed by atoms with Gasteiger partial charge in [0.05, 0.1) is 20.0 Å². The number of nitrogens with zero attached hydrogens (tertiary/aromatic N) is 1. The van der Waals surface area contributed by atoms with E-state index in [-0.39, 0.29) is 30.4 Å². The van der Waals surface area contributed by atoms with Crippen molar-refractivity contribution in [1.82, 2.24) is 0 Å². The first kappa shape index (κ1) is 15.0. The van der Waals surface area contributed by atoms with Gasteiger partial charge < -0.3 is 4.13 Å². The van der Waals surface area contributed by atoms with Crippen LogP contribution in [0, 0.1) is 0 Å². The summed E-state index contributed by atoms with van der Waals surface area (Å²) in [5.74, 6) is -0.571. The fourth-order valence-corrected chi connectivity index (χ4v) is 2.51. The minimum atomic E-state index is -3.75. The molecule has 12 heavy (non-hydrogen) atoms. The van der Waals surface area contributed by atoms with Crippen molar-refractivity contribution in [2.45, 2.75) is 13.8 Å². The van der Waals surface area contributed by atoms with Gasteiger partial charge >= 0.3 is 18.9 Å². The maximum atomic E-state index is 10.6. The van der Waals surface area contributed by atoms with E-state index in [0.29, 0.717) is 0 Å². The van der Waals surface area contributed by atoms with Gasteiger partial charge in [0, 0.05) is 11.5 Å². The van der Waals surface area contributed by atoms with Crippen LogP contribution in [0.5, 0.6) is 0 Å². The maximum Gasteiger partial charge on any atom is 1.00 e. The van der Waals surface area contributed by atoms with Gasteiger partial charge in [-0.25, -0.2) is 16.8 Å². The summed E-state index contributed by atoms with van der Waals surface area (Å²) >= 11 is 0. The zero-order chi connectivity index (χ0) is 9.12. The molecule has 0 heterocycles. The third-order valence-corrected chi connectivity index (χ3v) is 4.23. The first-order valence-corrected chi connectivity index (χ1v) is 6.24. The van der Waals surface area contributed by atoms with Crippen molar-refractivity contribution in [3.8, 4) is 0 Å². The minimum Gasteiger partial charge on any atom is -0.436 e. The standard InChI is InChI=1S/C4H10NO4S2.Li/c1-3-10(6,7)5-11(8,9)4-2;/h3-4H2,1-2H3;/q-1;+1. The van der Waals surface area contributed by atoms with Gasteiger partial charge in [-0.1, -0.05) is 13.8 Å². The molecule has 0 fully saturated rings. The largest absolute Gasteiger partial charge is 1.00 e. The molecule has 0 aromatic carbocycles. The third-order valence-electron chi connectivity index (χ3n) is 0.957. The van der Waals surface area contributed by atoms with Crippen LogP contribution in [0.1, 0.15) is 13.8 Å². The summed E-state index contributed by atoms with van der Waals surface area (Å²) in [6.45, 7) is 2.67. The van der Waals surface area contributed by atoms with E-state index in [4.69, 9.17) is 0 Å². The normalized spacial score (nSPS) is 12.2. The molecule has 0 rings (SSSR count). The number of rotatable bonds is 4. The summed E-state index contributed by atoms with van der Waals surface area (Å²) in [4.78, 5) is 0. The molecule has 8 heteroatoms. The molecule has 0 spiro atoms. The maximum absolute atomic E-state index is 10.6. The summed E-state index contributed by atoms with van der Waals surface area (Å²) in [5.41, 5.74) is 0. The average molecular weight is 207 g/mol. The van der Waals surface area contributed by atoms with E-state index in [9.17, 15) is 16.8 Å². The minimum absolute atomic E-state index is 0. The zero-order valence-corrected chi connectivity index (χ0v) is 8.94. The molecule has 0 atom stereocenters. The van der Waals surface area contributed by atoms with Crippen LogP contribution < -0.4 is 18.9 Å². The van der Waals surface area contributed by atoms with Crippen molar-refractivity contribution in [2.75, 3.05) is 11.5 Å². The molecule has 0 saturated heterocycles. The SMILES string of the molecule is CCS(=O)(=O)[N-]S(=O)(=O)CC.[Li+]. The molecule has 0 aliphatic heterocycles. The van der Waals surface area contributed by atoms with Crippen LogP contribution in [0.2, 0.25) is 0 Å². The third kappa shape index (κ3) is 6.03. The first-order chi connectivity index (χ1) is 4.83. The number of sulfonamides is 2. The second kappa shape index (κ2) is 5.24. The van der Waals surface area contributed by atoms with E-state index in [0.717, 1.165) is 0 Å². The Kier molecular flexibility index (Phi) is 6.53. The molecule has 0 bridgehead atoms. The van der Waals surface area contributed by atoms with Crippen molar-refractivity contribution in [3.63, 3.8) is 0 Å². The van der Waals surface area contributed by atoms with Crippen LogP contribution in [0.15, 0.2) is 0 Å². The summed E-state index contributed by atoms with van der Waals surface area (Å²) in [6, 6.07) is 0. The van der Waals surface area contributed by atoms with Crippen LogP contribution in [-0.4, -0.2) is 28.3 Å². The summed E-state index contributed by atoms with van der Waals surface area (Å²) < 4.78 is 45.2. The Hall–Kier alpha value is 0.457. The van der Waals surface area contributed by atoms with Crippen molar-refractivity contribution < 1.29 is 35.7 Å². The molecular weight excluding hydrogens is 197 g/mol. The second-order valence-corrected chi connectivity index (χ2v) is 5.89. The van der Waals surface area contributed by atoms with Crippen molar-refractivity contribution >= 4 is 20.0 Å². The van der Waals surface area contributed by atoms with Gasteiger partial charge in [0.1, 0.15) is 0 Å². The Morgan fingerprint density at radius 1 is 0.917 bits per heavy atom. The van der Waals surface area contributed by atoms with Gasteiger partial charge in [-0.15, -0.1) is 0 Å². The Bertz CT molecular complexity index is 274. The van der Waals surface area contributed by atoms with E-state index < -0.39 is 20.0 Å². The molecule has 5 nitrogen and oxygen atoms in total. The molecule has 0 saturated carbocycles.